The highest BCUT2D eigenvalue weighted by atomic mass is 16.5. The summed E-state index contributed by atoms with van der Waals surface area (Å²) in [5, 5.41) is 3.79. The largest absolute Gasteiger partial charge is 0.380 e. The van der Waals surface area contributed by atoms with Gasteiger partial charge in [-0.15, -0.1) is 0 Å². The maximum atomic E-state index is 5.85. The van der Waals surface area contributed by atoms with E-state index in [4.69, 9.17) is 4.74 Å². The summed E-state index contributed by atoms with van der Waals surface area (Å²) in [6.07, 6.45) is 4.03. The molecule has 2 unspecified atom stereocenters. The molecule has 0 spiro atoms. The first-order valence-electron chi connectivity index (χ1n) is 8.93. The van der Waals surface area contributed by atoms with E-state index in [-0.39, 0.29) is 0 Å². The van der Waals surface area contributed by atoms with Gasteiger partial charge in [-0.2, -0.15) is 0 Å². The lowest BCUT2D eigenvalue weighted by Gasteiger charge is -2.45. The Kier molecular flexibility index (Phi) is 6.10. The van der Waals surface area contributed by atoms with Gasteiger partial charge in [-0.25, -0.2) is 0 Å². The highest BCUT2D eigenvalue weighted by Crippen LogP contribution is 2.37. The quantitative estimate of drug-likeness (QED) is 0.730. The number of piperazine rings is 1. The van der Waals surface area contributed by atoms with Gasteiger partial charge < -0.3 is 10.1 Å². The fraction of sp³-hybridized carbons (Fsp3) is 1.00. The average Bonchev–Trinajstić information content (AvgIpc) is 3.21. The molecule has 1 aliphatic heterocycles. The maximum Gasteiger partial charge on any atom is 0.0593 e. The van der Waals surface area contributed by atoms with E-state index < -0.39 is 0 Å². The second-order valence-corrected chi connectivity index (χ2v) is 8.52. The fourth-order valence-electron chi connectivity index (χ4n) is 3.21. The van der Waals surface area contributed by atoms with E-state index in [1.54, 1.807) is 0 Å². The van der Waals surface area contributed by atoms with Crippen LogP contribution in [0.1, 0.15) is 53.9 Å². The molecule has 2 atom stereocenters. The molecule has 3 heteroatoms. The highest BCUT2D eigenvalue weighted by Gasteiger charge is 2.40. The minimum atomic E-state index is 0.339. The number of hydrogen-bond acceptors (Lipinski definition) is 3. The third kappa shape index (κ3) is 5.54. The third-order valence-corrected chi connectivity index (χ3v) is 5.03. The monoisotopic (exact) mass is 296 g/mol. The summed E-state index contributed by atoms with van der Waals surface area (Å²) in [5.74, 6) is 1.68. The van der Waals surface area contributed by atoms with Crippen LogP contribution in [0.4, 0.5) is 0 Å². The Morgan fingerprint density at radius 2 is 1.90 bits per heavy atom. The predicted octanol–water partition coefficient (Wildman–Crippen LogP) is 3.15. The Balaban J connectivity index is 1.77. The van der Waals surface area contributed by atoms with E-state index in [0.717, 1.165) is 37.6 Å². The van der Waals surface area contributed by atoms with Crippen molar-refractivity contribution < 1.29 is 4.74 Å². The van der Waals surface area contributed by atoms with Crippen molar-refractivity contribution in [1.29, 1.82) is 0 Å². The zero-order chi connectivity index (χ0) is 15.5. The fourth-order valence-corrected chi connectivity index (χ4v) is 3.21. The Morgan fingerprint density at radius 3 is 2.48 bits per heavy atom. The predicted molar refractivity (Wildman–Crippen MR) is 89.6 cm³/mol. The molecule has 1 heterocycles. The van der Waals surface area contributed by atoms with Crippen LogP contribution in [0, 0.1) is 17.3 Å². The zero-order valence-corrected chi connectivity index (χ0v) is 14.8. The molecule has 3 nitrogen and oxygen atoms in total. The summed E-state index contributed by atoms with van der Waals surface area (Å²) < 4.78 is 5.85. The minimum Gasteiger partial charge on any atom is -0.380 e. The molecule has 2 rings (SSSR count). The van der Waals surface area contributed by atoms with Gasteiger partial charge in [0.25, 0.3) is 0 Å². The minimum absolute atomic E-state index is 0.339. The molecule has 1 saturated carbocycles. The summed E-state index contributed by atoms with van der Waals surface area (Å²) >= 11 is 0. The van der Waals surface area contributed by atoms with Crippen molar-refractivity contribution in [2.24, 2.45) is 17.3 Å². The van der Waals surface area contributed by atoms with Gasteiger partial charge in [0.15, 0.2) is 0 Å². The summed E-state index contributed by atoms with van der Waals surface area (Å²) in [6.45, 7) is 16.8. The van der Waals surface area contributed by atoms with Crippen LogP contribution in [0.25, 0.3) is 0 Å². The normalized spacial score (nSPS) is 28.3. The lowest BCUT2D eigenvalue weighted by molar-refractivity contribution is 0.0372. The Labute approximate surface area is 131 Å². The molecule has 124 valence electrons. The molecule has 0 amide bonds. The van der Waals surface area contributed by atoms with Crippen molar-refractivity contribution in [3.63, 3.8) is 0 Å². The van der Waals surface area contributed by atoms with E-state index in [1.165, 1.54) is 32.4 Å². The van der Waals surface area contributed by atoms with Crippen LogP contribution in [-0.4, -0.2) is 49.8 Å². The number of hydrogen-bond donors (Lipinski definition) is 1. The molecule has 0 radical (unpaired) electrons. The van der Waals surface area contributed by atoms with Crippen molar-refractivity contribution >= 4 is 0 Å². The van der Waals surface area contributed by atoms with E-state index in [0.29, 0.717) is 11.5 Å². The van der Waals surface area contributed by atoms with Crippen molar-refractivity contribution in [1.82, 2.24) is 10.2 Å². The maximum absolute atomic E-state index is 5.85. The first-order valence-corrected chi connectivity index (χ1v) is 8.93. The van der Waals surface area contributed by atoms with Gasteiger partial charge in [0.05, 0.1) is 6.61 Å². The molecule has 1 saturated heterocycles. The van der Waals surface area contributed by atoms with E-state index in [1.807, 2.05) is 0 Å². The Hall–Kier alpha value is -0.120. The van der Waals surface area contributed by atoms with Crippen LogP contribution in [0.2, 0.25) is 0 Å². The second-order valence-electron chi connectivity index (χ2n) is 8.52. The van der Waals surface area contributed by atoms with Crippen molar-refractivity contribution in [3.05, 3.63) is 0 Å². The molecular weight excluding hydrogens is 260 g/mol. The summed E-state index contributed by atoms with van der Waals surface area (Å²) in [4.78, 5) is 2.71. The molecule has 0 aromatic rings. The topological polar surface area (TPSA) is 24.5 Å². The lowest BCUT2D eigenvalue weighted by Crippen LogP contribution is -2.61. The number of rotatable bonds is 7. The number of ether oxygens (including phenoxy) is 1. The van der Waals surface area contributed by atoms with E-state index in [2.05, 4.69) is 44.8 Å². The molecule has 1 aliphatic carbocycles. The number of nitrogens with zero attached hydrogens (tertiary/aromatic N) is 1. The van der Waals surface area contributed by atoms with Crippen molar-refractivity contribution in [2.75, 3.05) is 32.8 Å². The van der Waals surface area contributed by atoms with Gasteiger partial charge in [-0.3, -0.25) is 4.90 Å². The zero-order valence-electron chi connectivity index (χ0n) is 14.8. The SMILES string of the molecule is CC(C)CCOCCN1CC(C(C)(C)C)NCC1C1CC1. The van der Waals surface area contributed by atoms with Crippen LogP contribution in [0.3, 0.4) is 0 Å². The van der Waals surface area contributed by atoms with Crippen LogP contribution in [-0.2, 0) is 4.74 Å². The van der Waals surface area contributed by atoms with Crippen LogP contribution in [0.5, 0.6) is 0 Å². The molecule has 21 heavy (non-hydrogen) atoms. The second kappa shape index (κ2) is 7.43. The standard InChI is InChI=1S/C18H36N2O/c1-14(2)8-10-21-11-9-20-13-17(18(3,4)5)19-12-16(20)15-6-7-15/h14-17,19H,6-13H2,1-5H3. The Bertz CT molecular complexity index is 307. The van der Waals surface area contributed by atoms with Crippen molar-refractivity contribution in [3.8, 4) is 0 Å². The summed E-state index contributed by atoms with van der Waals surface area (Å²) in [7, 11) is 0. The molecule has 0 aromatic carbocycles. The molecule has 1 N–H and O–H groups in total. The lowest BCUT2D eigenvalue weighted by atomic mass is 9.84. The van der Waals surface area contributed by atoms with Gasteiger partial charge in [-0.1, -0.05) is 34.6 Å². The van der Waals surface area contributed by atoms with Gasteiger partial charge in [0.2, 0.25) is 0 Å². The molecular formula is C18H36N2O. The average molecular weight is 296 g/mol. The highest BCUT2D eigenvalue weighted by molar-refractivity contribution is 4.97. The first-order chi connectivity index (χ1) is 9.88. The molecule has 0 aromatic heterocycles. The molecule has 0 bridgehead atoms. The summed E-state index contributed by atoms with van der Waals surface area (Å²) in [6, 6.07) is 1.35. The van der Waals surface area contributed by atoms with Gasteiger partial charge in [0.1, 0.15) is 0 Å². The van der Waals surface area contributed by atoms with E-state index >= 15 is 0 Å². The van der Waals surface area contributed by atoms with Gasteiger partial charge >= 0.3 is 0 Å². The molecule has 2 aliphatic rings. The van der Waals surface area contributed by atoms with Crippen LogP contribution in [0.15, 0.2) is 0 Å². The Morgan fingerprint density at radius 1 is 1.19 bits per heavy atom. The smallest absolute Gasteiger partial charge is 0.0593 e. The van der Waals surface area contributed by atoms with Gasteiger partial charge in [0, 0.05) is 38.3 Å². The first kappa shape index (κ1) is 17.2. The van der Waals surface area contributed by atoms with E-state index in [9.17, 15) is 0 Å². The summed E-state index contributed by atoms with van der Waals surface area (Å²) in [5.41, 5.74) is 0.339. The van der Waals surface area contributed by atoms with Crippen molar-refractivity contribution in [2.45, 2.75) is 66.0 Å². The number of nitrogens with one attached hydrogen (secondary N) is 1. The van der Waals surface area contributed by atoms with Crippen LogP contribution < -0.4 is 5.32 Å². The van der Waals surface area contributed by atoms with Gasteiger partial charge in [-0.05, 0) is 36.5 Å². The molecule has 2 fully saturated rings. The third-order valence-electron chi connectivity index (χ3n) is 5.03. The van der Waals surface area contributed by atoms with Crippen LogP contribution >= 0.6 is 0 Å².